The fourth-order valence-electron chi connectivity index (χ4n) is 1.56. The van der Waals surface area contributed by atoms with E-state index in [0.717, 1.165) is 12.1 Å². The van der Waals surface area contributed by atoms with Crippen molar-refractivity contribution in [2.45, 2.75) is 24.1 Å². The zero-order valence-corrected chi connectivity index (χ0v) is 12.6. The van der Waals surface area contributed by atoms with Crippen LogP contribution in [-0.4, -0.2) is 30.1 Å². The Hall–Kier alpha value is -1.66. The van der Waals surface area contributed by atoms with Gasteiger partial charge >= 0.3 is 30.1 Å². The predicted molar refractivity (Wildman–Crippen MR) is 67.2 cm³/mol. The van der Waals surface area contributed by atoms with E-state index in [1.807, 2.05) is 0 Å². The van der Waals surface area contributed by atoms with Crippen LogP contribution in [0.1, 0.15) is 0 Å². The highest BCUT2D eigenvalue weighted by Gasteiger charge is 2.84. The zero-order chi connectivity index (χ0) is 19.0. The zero-order valence-electron chi connectivity index (χ0n) is 11.0. The largest absolute Gasteiger partial charge is 0.429 e. The van der Waals surface area contributed by atoms with Gasteiger partial charge in [0.2, 0.25) is 0 Å². The van der Waals surface area contributed by atoms with Crippen LogP contribution >= 0.6 is 15.9 Å². The minimum Gasteiger partial charge on any atom is -0.308 e. The molecule has 0 radical (unpaired) electrons. The van der Waals surface area contributed by atoms with E-state index in [1.165, 1.54) is 17.4 Å². The lowest BCUT2D eigenvalue weighted by Crippen LogP contribution is -2.75. The molecule has 24 heavy (non-hydrogen) atoms. The van der Waals surface area contributed by atoms with Gasteiger partial charge in [0.1, 0.15) is 0 Å². The van der Waals surface area contributed by atoms with Crippen molar-refractivity contribution < 1.29 is 44.3 Å². The highest BCUT2D eigenvalue weighted by molar-refractivity contribution is 9.10. The standard InChI is InChI=1S/C11H6BrF9N2O/c12-5-1-3-6(4-2-5)22-7(24)23-8(9(13,14)15,10(16,17)18)11(19,20)21/h1-4H,(H2,22,23,24). The molecule has 3 nitrogen and oxygen atoms in total. The number of benzene rings is 1. The lowest BCUT2D eigenvalue weighted by molar-refractivity contribution is -0.386. The van der Waals surface area contributed by atoms with Crippen molar-refractivity contribution in [3.8, 4) is 0 Å². The smallest absolute Gasteiger partial charge is 0.308 e. The number of hydrogen-bond acceptors (Lipinski definition) is 1. The molecular formula is C11H6BrF9N2O. The summed E-state index contributed by atoms with van der Waals surface area (Å²) in [6.07, 6.45) is -20.6. The molecule has 0 heterocycles. The fraction of sp³-hybridized carbons (Fsp3) is 0.364. The number of carbonyl (C=O) groups is 1. The Morgan fingerprint density at radius 3 is 1.50 bits per heavy atom. The third kappa shape index (κ3) is 3.87. The van der Waals surface area contributed by atoms with Crippen molar-refractivity contribution in [2.24, 2.45) is 0 Å². The SMILES string of the molecule is O=C(Nc1ccc(Br)cc1)NC(C(F)(F)F)(C(F)(F)F)C(F)(F)F. The van der Waals surface area contributed by atoms with E-state index in [9.17, 15) is 44.3 Å². The number of hydrogen-bond donors (Lipinski definition) is 2. The molecule has 1 aromatic rings. The van der Waals surface area contributed by atoms with Crippen molar-refractivity contribution >= 4 is 27.6 Å². The van der Waals surface area contributed by atoms with Crippen LogP contribution in [0.15, 0.2) is 28.7 Å². The number of carbonyl (C=O) groups excluding carboxylic acids is 1. The first-order valence-electron chi connectivity index (χ1n) is 5.67. The Balaban J connectivity index is 3.22. The van der Waals surface area contributed by atoms with Crippen LogP contribution in [-0.2, 0) is 0 Å². The highest BCUT2D eigenvalue weighted by Crippen LogP contribution is 2.52. The average Bonchev–Trinajstić information content (AvgIpc) is 2.34. The number of urea groups is 1. The second-order valence-corrected chi connectivity index (χ2v) is 5.24. The molecule has 0 bridgehead atoms. The van der Waals surface area contributed by atoms with Gasteiger partial charge in [0.15, 0.2) is 0 Å². The van der Waals surface area contributed by atoms with E-state index < -0.39 is 30.1 Å². The quantitative estimate of drug-likeness (QED) is 0.634. The Kier molecular flexibility index (Phi) is 5.38. The number of halogens is 10. The Bertz CT molecular complexity index is 555. The summed E-state index contributed by atoms with van der Waals surface area (Å²) in [5, 5.41) is 1.45. The van der Waals surface area contributed by atoms with Gasteiger partial charge in [0.05, 0.1) is 0 Å². The molecule has 0 aliphatic rings. The summed E-state index contributed by atoms with van der Waals surface area (Å²) in [4.78, 5) is 11.3. The molecule has 13 heteroatoms. The van der Waals surface area contributed by atoms with E-state index >= 15 is 0 Å². The predicted octanol–water partition coefficient (Wildman–Crippen LogP) is 5.00. The minimum atomic E-state index is -6.87. The van der Waals surface area contributed by atoms with Gasteiger partial charge in [-0.05, 0) is 24.3 Å². The first kappa shape index (κ1) is 20.4. The first-order chi connectivity index (χ1) is 10.6. The molecule has 0 aliphatic carbocycles. The number of rotatable bonds is 2. The molecule has 1 rings (SSSR count). The van der Waals surface area contributed by atoms with Gasteiger partial charge in [0.25, 0.3) is 0 Å². The minimum absolute atomic E-state index is 0.0233. The summed E-state index contributed by atoms with van der Waals surface area (Å²) in [5.41, 5.74) is -6.73. The Morgan fingerprint density at radius 1 is 0.792 bits per heavy atom. The maximum Gasteiger partial charge on any atom is 0.429 e. The number of nitrogens with one attached hydrogen (secondary N) is 2. The molecule has 0 fully saturated rings. The number of anilines is 1. The van der Waals surface area contributed by atoms with Crippen molar-refractivity contribution in [1.82, 2.24) is 5.32 Å². The maximum atomic E-state index is 12.6. The molecule has 0 spiro atoms. The highest BCUT2D eigenvalue weighted by atomic mass is 79.9. The Labute approximate surface area is 136 Å². The summed E-state index contributed by atoms with van der Waals surface area (Å²) in [6, 6.07) is 2.25. The van der Waals surface area contributed by atoms with Crippen LogP contribution in [0, 0.1) is 0 Å². The molecule has 0 unspecified atom stereocenters. The van der Waals surface area contributed by atoms with Gasteiger partial charge in [-0.25, -0.2) is 4.79 Å². The van der Waals surface area contributed by atoms with E-state index in [0.29, 0.717) is 4.47 Å². The van der Waals surface area contributed by atoms with Crippen molar-refractivity contribution in [2.75, 3.05) is 5.32 Å². The van der Waals surface area contributed by atoms with Crippen LogP contribution < -0.4 is 10.6 Å². The van der Waals surface area contributed by atoms with Crippen molar-refractivity contribution in [3.05, 3.63) is 28.7 Å². The van der Waals surface area contributed by atoms with Gasteiger partial charge in [-0.3, -0.25) is 0 Å². The monoisotopic (exact) mass is 432 g/mol. The molecule has 136 valence electrons. The summed E-state index contributed by atoms with van der Waals surface area (Å²) in [5.74, 6) is 0. The summed E-state index contributed by atoms with van der Waals surface area (Å²) < 4.78 is 114. The summed E-state index contributed by atoms with van der Waals surface area (Å²) in [7, 11) is 0. The lowest BCUT2D eigenvalue weighted by atomic mass is 9.97. The second-order valence-electron chi connectivity index (χ2n) is 4.33. The molecule has 2 amide bonds. The van der Waals surface area contributed by atoms with Crippen LogP contribution in [0.2, 0.25) is 0 Å². The van der Waals surface area contributed by atoms with Crippen LogP contribution in [0.25, 0.3) is 0 Å². The van der Waals surface area contributed by atoms with Crippen molar-refractivity contribution in [1.29, 1.82) is 0 Å². The van der Waals surface area contributed by atoms with E-state index in [-0.39, 0.29) is 11.0 Å². The molecule has 0 saturated heterocycles. The number of alkyl halides is 9. The fourth-order valence-corrected chi connectivity index (χ4v) is 1.82. The van der Waals surface area contributed by atoms with Gasteiger partial charge in [-0.15, -0.1) is 0 Å². The van der Waals surface area contributed by atoms with Crippen molar-refractivity contribution in [3.63, 3.8) is 0 Å². The molecular weight excluding hydrogens is 427 g/mol. The molecule has 2 N–H and O–H groups in total. The molecule has 0 atom stereocenters. The average molecular weight is 433 g/mol. The second kappa shape index (κ2) is 6.33. The van der Waals surface area contributed by atoms with Gasteiger partial charge in [-0.2, -0.15) is 39.5 Å². The molecule has 1 aromatic carbocycles. The molecule has 0 aliphatic heterocycles. The lowest BCUT2D eigenvalue weighted by Gasteiger charge is -2.38. The number of amides is 2. The van der Waals surface area contributed by atoms with Crippen LogP contribution in [0.3, 0.4) is 0 Å². The summed E-state index contributed by atoms with van der Waals surface area (Å²) in [6.45, 7) is 0. The topological polar surface area (TPSA) is 41.1 Å². The Morgan fingerprint density at radius 2 is 1.17 bits per heavy atom. The van der Waals surface area contributed by atoms with E-state index in [4.69, 9.17) is 0 Å². The van der Waals surface area contributed by atoms with Gasteiger partial charge < -0.3 is 10.6 Å². The maximum absolute atomic E-state index is 12.6. The van der Waals surface area contributed by atoms with Gasteiger partial charge in [-0.1, -0.05) is 15.9 Å². The van der Waals surface area contributed by atoms with Gasteiger partial charge in [0, 0.05) is 10.2 Å². The molecule has 0 saturated carbocycles. The van der Waals surface area contributed by atoms with E-state index in [2.05, 4.69) is 15.9 Å². The first-order valence-corrected chi connectivity index (χ1v) is 6.46. The van der Waals surface area contributed by atoms with E-state index in [1.54, 1.807) is 0 Å². The molecule has 0 aromatic heterocycles. The normalized spacial score (nSPS) is 13.6. The van der Waals surface area contributed by atoms with Crippen LogP contribution in [0.4, 0.5) is 50.0 Å². The third-order valence-electron chi connectivity index (χ3n) is 2.68. The third-order valence-corrected chi connectivity index (χ3v) is 3.21. The van der Waals surface area contributed by atoms with Crippen LogP contribution in [0.5, 0.6) is 0 Å². The summed E-state index contributed by atoms with van der Waals surface area (Å²) >= 11 is 2.96.